The molecule has 0 aromatic heterocycles. The van der Waals surface area contributed by atoms with Crippen molar-refractivity contribution < 1.29 is 267 Å². The van der Waals surface area contributed by atoms with Gasteiger partial charge >= 0.3 is 0 Å². The Morgan fingerprint density at radius 3 is 1.05 bits per heavy atom. The van der Waals surface area contributed by atoms with Crippen LogP contribution in [0.25, 0.3) is 0 Å². The highest BCUT2D eigenvalue weighted by Crippen LogP contribution is 2.42. The van der Waals surface area contributed by atoms with E-state index in [4.69, 9.17) is 94.7 Å². The van der Waals surface area contributed by atoms with Gasteiger partial charge in [0.1, 0.15) is 250 Å². The maximum Gasteiger partial charge on any atom is 0.217 e. The van der Waals surface area contributed by atoms with Gasteiger partial charge in [0.05, 0.1) is 84.3 Å². The molecule has 10 rings (SSSR count). The number of ether oxygens (including phenoxy) is 20. The van der Waals surface area contributed by atoms with Crippen molar-refractivity contribution in [3.05, 3.63) is 0 Å². The molecule has 58 heteroatoms. The highest BCUT2D eigenvalue weighted by molar-refractivity contribution is 5.74. The van der Waals surface area contributed by atoms with Crippen LogP contribution < -0.4 is 21.3 Å². The van der Waals surface area contributed by atoms with E-state index in [2.05, 4.69) is 21.3 Å². The van der Waals surface area contributed by atoms with Gasteiger partial charge in [0.2, 0.25) is 23.6 Å². The monoisotopic (exact) mass is 1930 g/mol. The third-order valence-corrected chi connectivity index (χ3v) is 24.1. The second kappa shape index (κ2) is 48.4. The molecule has 0 saturated carbocycles. The van der Waals surface area contributed by atoms with Gasteiger partial charge in [-0.3, -0.25) is 19.2 Å². The third-order valence-electron chi connectivity index (χ3n) is 24.1. The summed E-state index contributed by atoms with van der Waals surface area (Å²) in [5.74, 6) is -3.96. The molecule has 766 valence electrons. The topological polar surface area (TPSA) is 908 Å². The minimum atomic E-state index is -2.69. The number of hydrogen-bond acceptors (Lipinski definition) is 54. The third kappa shape index (κ3) is 24.7. The number of nitrogens with one attached hydrogen (secondary N) is 4. The Morgan fingerprint density at radius 1 is 0.280 bits per heavy atom. The first-order valence-electron chi connectivity index (χ1n) is 42.3. The van der Waals surface area contributed by atoms with Gasteiger partial charge in [0.25, 0.3) is 0 Å². The van der Waals surface area contributed by atoms with E-state index in [0.29, 0.717) is 0 Å². The van der Waals surface area contributed by atoms with Crippen LogP contribution in [0.15, 0.2) is 0 Å². The summed E-state index contributed by atoms with van der Waals surface area (Å²) in [5, 5.41) is 346. The van der Waals surface area contributed by atoms with E-state index in [0.717, 1.165) is 27.7 Å². The van der Waals surface area contributed by atoms with E-state index in [1.54, 1.807) is 0 Å². The molecule has 10 aliphatic rings. The molecule has 0 aromatic rings. The number of rotatable bonds is 37. The molecule has 58 nitrogen and oxygen atoms in total. The second-order valence-electron chi connectivity index (χ2n) is 33.6. The van der Waals surface area contributed by atoms with Crippen molar-refractivity contribution in [1.82, 2.24) is 21.3 Å². The van der Waals surface area contributed by atoms with E-state index in [-0.39, 0.29) is 0 Å². The predicted molar refractivity (Wildman–Crippen MR) is 408 cm³/mol. The maximum absolute atomic E-state index is 13.5. The highest BCUT2D eigenvalue weighted by Gasteiger charge is 2.62. The molecule has 132 heavy (non-hydrogen) atoms. The Balaban J connectivity index is 1.02. The molecule has 0 bridgehead atoms. The number of amides is 4. The Morgan fingerprint density at radius 2 is 0.606 bits per heavy atom. The molecule has 34 N–H and O–H groups in total. The molecule has 54 atom stereocenters. The lowest BCUT2D eigenvalue weighted by atomic mass is 9.93. The summed E-state index contributed by atoms with van der Waals surface area (Å²) in [7, 11) is 0. The Hall–Kier alpha value is -4.12. The summed E-state index contributed by atoms with van der Waals surface area (Å²) in [6.07, 6.45) is -107. The van der Waals surface area contributed by atoms with Crippen molar-refractivity contribution in [2.75, 3.05) is 66.1 Å². The first-order chi connectivity index (χ1) is 62.3. The molecule has 10 saturated heterocycles. The standard InChI is InChI=1S/C74H126N4O54/c1-17-36(92)46(102)52(108)68(115-17)113-15-24(91)57(38(94)23(7-79)75-19(3)87)125-65-33(76-20(4)88)44(100)59(30(13-85)121-65)127-72-56(112)62(130-74-64(51(107)42(98)28(11-83)120-74)132-66-34(77-21(5)89)45(101)58(29(12-84)122-66)126-70-54(110)48(104)39(95)25(8-80)117-70)43(99)32(124-72)16-114-73-63(50(106)41(97)27(10-82)119-73)131-67-35(78-22(6)90)61(129-69-53(109)47(103)37(93)18(2)116-69)60(31(14-86)123-67)128-71-55(111)49(105)40(96)26(9-81)118-71/h17-18,23-74,79-86,91-112H,7-16H2,1-6H3,(H,75,87)(H,76,88)(H,77,89)(H,78,90)/t17-,18-,23-,24+,25+,26+,27+,28+,29+,30+,31+,32+,33+,34+,35+,36+,37+,38+,39-,40-,41+,42+,43+,44+,45+,46+,47+,48-,49-,50-,51-,52-,53-,54+,55+,56-,57+,58+,59+,60+,61+,62-,63-,64-,65-,66-,67-,68+,69-,70-,71-,72-,73-,74+/m0/s1. The highest BCUT2D eigenvalue weighted by atomic mass is 16.8. The van der Waals surface area contributed by atoms with Gasteiger partial charge in [-0.15, -0.1) is 0 Å². The maximum atomic E-state index is 13.5. The van der Waals surface area contributed by atoms with Gasteiger partial charge in [0, 0.05) is 27.7 Å². The van der Waals surface area contributed by atoms with Crippen LogP contribution in [0, 0.1) is 0 Å². The van der Waals surface area contributed by atoms with Gasteiger partial charge in [-0.2, -0.15) is 0 Å². The molecule has 4 amide bonds. The summed E-state index contributed by atoms with van der Waals surface area (Å²) in [5.41, 5.74) is 0. The number of aliphatic hydroxyl groups is 30. The first kappa shape index (κ1) is 110. The van der Waals surface area contributed by atoms with E-state index in [1.165, 1.54) is 13.8 Å². The lowest BCUT2D eigenvalue weighted by Gasteiger charge is -2.51. The van der Waals surface area contributed by atoms with Crippen LogP contribution in [0.1, 0.15) is 41.5 Å². The number of aliphatic hydroxyl groups excluding tert-OH is 30. The fourth-order valence-corrected chi connectivity index (χ4v) is 16.8. The zero-order valence-corrected chi connectivity index (χ0v) is 71.5. The summed E-state index contributed by atoms with van der Waals surface area (Å²) in [4.78, 5) is 52.4. The largest absolute Gasteiger partial charge is 0.394 e. The van der Waals surface area contributed by atoms with Crippen LogP contribution in [0.2, 0.25) is 0 Å². The van der Waals surface area contributed by atoms with E-state index in [1.807, 2.05) is 0 Å². The zero-order chi connectivity index (χ0) is 97.5. The van der Waals surface area contributed by atoms with E-state index >= 15 is 0 Å². The first-order valence-corrected chi connectivity index (χ1v) is 42.3. The predicted octanol–water partition coefficient (Wildman–Crippen LogP) is -22.7. The minimum absolute atomic E-state index is 0.875. The lowest BCUT2D eigenvalue weighted by molar-refractivity contribution is -0.400. The summed E-state index contributed by atoms with van der Waals surface area (Å²) >= 11 is 0. The van der Waals surface area contributed by atoms with Crippen LogP contribution in [0.5, 0.6) is 0 Å². The van der Waals surface area contributed by atoms with Crippen LogP contribution in [-0.4, -0.2) is 574 Å². The molecule has 10 heterocycles. The van der Waals surface area contributed by atoms with Gasteiger partial charge in [-0.05, 0) is 13.8 Å². The number of carbonyl (C=O) groups is 4. The molecule has 0 aromatic carbocycles. The molecule has 0 spiro atoms. The summed E-state index contributed by atoms with van der Waals surface area (Å²) in [6, 6.07) is -7.97. The fourth-order valence-electron chi connectivity index (χ4n) is 16.8. The SMILES string of the molecule is CC(=O)N[C@H]1[C@H](O[C@@H]([C@H](O)[C@H](CO)NC(C)=O)[C@H](O)CO[C@@H]2O[C@@H](C)[C@@H](O)[C@@H](O)[C@@H]2O)O[C@H](CO)[C@@H](O[C@@H]2O[C@H](CO[C@H]3O[C@H](CO)[C@@H](O)[C@H](O)[C@@H]3O[C@@H]3O[C@H](CO)[C@@H](O[C@@H]4O[C@H](CO)[C@H](O)[C@H](O)[C@H]4O)[C@H](O[C@@H]4O[C@@H](C)[C@@H](O)[C@@H](O)[C@@H]4O)[C@H]3NC(C)=O)[C@@H](O)[C@H](O[C@H]3O[C@H](CO)[C@@H](O)[C@H](O)[C@@H]3O[C@@H]3O[C@H](CO)[C@@H](O[C@@H]4O[C@H](CO)[C@H](O)[C@H](O)[C@H]4O)[C@H](O)[C@H]3NC(C)=O)[C@@H]2O)[C@@H]1O. The normalized spacial score (nSPS) is 47.8. The van der Waals surface area contributed by atoms with Gasteiger partial charge < -0.3 is 269 Å². The van der Waals surface area contributed by atoms with Gasteiger partial charge in [0.15, 0.2) is 62.9 Å². The van der Waals surface area contributed by atoms with Crippen LogP contribution in [-0.2, 0) is 114 Å². The number of carbonyl (C=O) groups excluding carboxylic acids is 4. The molecule has 10 fully saturated rings. The van der Waals surface area contributed by atoms with E-state index in [9.17, 15) is 172 Å². The fraction of sp³-hybridized carbons (Fsp3) is 0.946. The van der Waals surface area contributed by atoms with Gasteiger partial charge in [-0.25, -0.2) is 0 Å². The quantitative estimate of drug-likeness (QED) is 0.0275. The molecule has 0 radical (unpaired) electrons. The van der Waals surface area contributed by atoms with Crippen molar-refractivity contribution >= 4 is 23.6 Å². The Labute approximate surface area is 748 Å². The van der Waals surface area contributed by atoms with Crippen LogP contribution >= 0.6 is 0 Å². The molecular formula is C74H126N4O54. The van der Waals surface area contributed by atoms with Crippen molar-refractivity contribution in [3.8, 4) is 0 Å². The number of hydrogen-bond donors (Lipinski definition) is 34. The van der Waals surface area contributed by atoms with E-state index < -0.39 is 421 Å². The van der Waals surface area contributed by atoms with Crippen molar-refractivity contribution in [2.45, 2.75) is 373 Å². The molecular weight excluding hydrogens is 1810 g/mol. The zero-order valence-electron chi connectivity index (χ0n) is 71.5. The van der Waals surface area contributed by atoms with Crippen LogP contribution in [0.3, 0.4) is 0 Å². The molecule has 10 aliphatic heterocycles. The summed E-state index contributed by atoms with van der Waals surface area (Å²) < 4.78 is 120. The minimum Gasteiger partial charge on any atom is -0.394 e. The summed E-state index contributed by atoms with van der Waals surface area (Å²) in [6.45, 7) is -5.59. The van der Waals surface area contributed by atoms with Crippen molar-refractivity contribution in [2.24, 2.45) is 0 Å². The average molecular weight is 1940 g/mol. The lowest BCUT2D eigenvalue weighted by Crippen LogP contribution is -2.71. The molecule has 0 aliphatic carbocycles. The Kier molecular flexibility index (Phi) is 40.3. The second-order valence-corrected chi connectivity index (χ2v) is 33.6. The van der Waals surface area contributed by atoms with Crippen molar-refractivity contribution in [1.29, 1.82) is 0 Å². The van der Waals surface area contributed by atoms with Gasteiger partial charge in [-0.1, -0.05) is 0 Å². The van der Waals surface area contributed by atoms with Crippen LogP contribution in [0.4, 0.5) is 0 Å². The molecule has 0 unspecified atom stereocenters. The average Bonchev–Trinajstić information content (AvgIpc) is 0.759. The smallest absolute Gasteiger partial charge is 0.217 e. The van der Waals surface area contributed by atoms with Crippen molar-refractivity contribution in [3.63, 3.8) is 0 Å². The Bertz CT molecular complexity index is 3560.